The highest BCUT2D eigenvalue weighted by Crippen LogP contribution is 2.28. The smallest absolute Gasteiger partial charge is 0.338 e. The number of amides is 1. The van der Waals surface area contributed by atoms with E-state index in [9.17, 15) is 9.59 Å². The Morgan fingerprint density at radius 3 is 2.44 bits per heavy atom. The monoisotopic (exact) mass is 379 g/mol. The summed E-state index contributed by atoms with van der Waals surface area (Å²) in [7, 11) is 1.51. The first-order chi connectivity index (χ1) is 12.8. The third kappa shape index (κ3) is 6.13. The fourth-order valence-corrected chi connectivity index (χ4v) is 2.85. The van der Waals surface area contributed by atoms with Gasteiger partial charge >= 0.3 is 5.97 Å². The van der Waals surface area contributed by atoms with Gasteiger partial charge in [0.25, 0.3) is 5.91 Å². The summed E-state index contributed by atoms with van der Waals surface area (Å²) in [6, 6.07) is 4.83. The highest BCUT2D eigenvalue weighted by molar-refractivity contribution is 5.92. The molecule has 7 heteroatoms. The van der Waals surface area contributed by atoms with E-state index in [1.54, 1.807) is 23.1 Å². The zero-order chi connectivity index (χ0) is 20.0. The predicted octanol–water partition coefficient (Wildman–Crippen LogP) is 2.52. The van der Waals surface area contributed by atoms with Gasteiger partial charge in [0.05, 0.1) is 31.5 Å². The Balaban J connectivity index is 1.94. The van der Waals surface area contributed by atoms with Gasteiger partial charge in [-0.25, -0.2) is 4.79 Å². The van der Waals surface area contributed by atoms with E-state index in [-0.39, 0.29) is 24.7 Å². The van der Waals surface area contributed by atoms with Crippen molar-refractivity contribution in [2.24, 2.45) is 5.92 Å². The molecule has 0 aromatic heterocycles. The molecule has 1 heterocycles. The predicted molar refractivity (Wildman–Crippen MR) is 100 cm³/mol. The minimum Gasteiger partial charge on any atom is -0.493 e. The third-order valence-electron chi connectivity index (χ3n) is 4.07. The number of benzene rings is 1. The molecule has 0 radical (unpaired) electrons. The zero-order valence-corrected chi connectivity index (χ0v) is 16.7. The summed E-state index contributed by atoms with van der Waals surface area (Å²) < 4.78 is 21.8. The number of carbonyl (C=O) groups is 2. The van der Waals surface area contributed by atoms with Crippen LogP contribution in [0, 0.1) is 5.92 Å². The molecule has 1 aromatic carbocycles. The van der Waals surface area contributed by atoms with Gasteiger partial charge in [-0.15, -0.1) is 0 Å². The normalized spacial score (nSPS) is 19.7. The number of ether oxygens (including phenoxy) is 4. The molecule has 0 spiro atoms. The third-order valence-corrected chi connectivity index (χ3v) is 4.07. The van der Waals surface area contributed by atoms with Crippen molar-refractivity contribution in [1.82, 2.24) is 4.90 Å². The van der Waals surface area contributed by atoms with Gasteiger partial charge < -0.3 is 23.8 Å². The van der Waals surface area contributed by atoms with Crippen LogP contribution in [0.25, 0.3) is 0 Å². The Morgan fingerprint density at radius 2 is 1.85 bits per heavy atom. The minimum atomic E-state index is -0.577. The van der Waals surface area contributed by atoms with Gasteiger partial charge in [-0.2, -0.15) is 0 Å². The van der Waals surface area contributed by atoms with Crippen LogP contribution in [0.5, 0.6) is 11.5 Å². The van der Waals surface area contributed by atoms with Crippen LogP contribution in [0.2, 0.25) is 0 Å². The molecule has 1 aliphatic heterocycles. The van der Waals surface area contributed by atoms with Crippen LogP contribution >= 0.6 is 0 Å². The SMILES string of the molecule is COc1cc(C(=O)OCC(=O)N2C[C@@H](C)O[C@@H](C)C2)ccc1OCC(C)C. The van der Waals surface area contributed by atoms with E-state index in [4.69, 9.17) is 18.9 Å². The van der Waals surface area contributed by atoms with Crippen LogP contribution in [0.3, 0.4) is 0 Å². The first-order valence-electron chi connectivity index (χ1n) is 9.21. The largest absolute Gasteiger partial charge is 0.493 e. The molecule has 2 atom stereocenters. The number of nitrogens with zero attached hydrogens (tertiary/aromatic N) is 1. The number of esters is 1. The van der Waals surface area contributed by atoms with Crippen molar-refractivity contribution in [3.8, 4) is 11.5 Å². The lowest BCUT2D eigenvalue weighted by molar-refractivity contribution is -0.146. The first-order valence-corrected chi connectivity index (χ1v) is 9.21. The highest BCUT2D eigenvalue weighted by atomic mass is 16.5. The van der Waals surface area contributed by atoms with Gasteiger partial charge in [0, 0.05) is 13.1 Å². The maximum atomic E-state index is 12.3. The second kappa shape index (κ2) is 9.60. The van der Waals surface area contributed by atoms with Crippen LogP contribution in [-0.4, -0.2) is 62.4 Å². The molecule has 1 fully saturated rings. The Labute approximate surface area is 160 Å². The lowest BCUT2D eigenvalue weighted by Gasteiger charge is -2.35. The molecule has 0 aliphatic carbocycles. The van der Waals surface area contributed by atoms with E-state index in [0.717, 1.165) is 0 Å². The van der Waals surface area contributed by atoms with E-state index in [1.807, 2.05) is 27.7 Å². The molecule has 1 aliphatic rings. The van der Waals surface area contributed by atoms with Gasteiger partial charge in [0.2, 0.25) is 0 Å². The average Bonchev–Trinajstić information content (AvgIpc) is 2.63. The van der Waals surface area contributed by atoms with Crippen molar-refractivity contribution in [2.75, 3.05) is 33.4 Å². The Hall–Kier alpha value is -2.28. The highest BCUT2D eigenvalue weighted by Gasteiger charge is 2.26. The molecule has 0 bridgehead atoms. The summed E-state index contributed by atoms with van der Waals surface area (Å²) in [4.78, 5) is 26.3. The van der Waals surface area contributed by atoms with Crippen molar-refractivity contribution >= 4 is 11.9 Å². The van der Waals surface area contributed by atoms with Gasteiger partial charge in [-0.1, -0.05) is 13.8 Å². The van der Waals surface area contributed by atoms with Crippen LogP contribution in [-0.2, 0) is 14.3 Å². The van der Waals surface area contributed by atoms with Crippen molar-refractivity contribution < 1.29 is 28.5 Å². The molecule has 27 heavy (non-hydrogen) atoms. The minimum absolute atomic E-state index is 0.0314. The number of morpholine rings is 1. The molecule has 150 valence electrons. The molecule has 2 rings (SSSR count). The second-order valence-electron chi connectivity index (χ2n) is 7.20. The zero-order valence-electron chi connectivity index (χ0n) is 16.7. The van der Waals surface area contributed by atoms with Crippen molar-refractivity contribution in [3.63, 3.8) is 0 Å². The lowest BCUT2D eigenvalue weighted by atomic mass is 10.2. The molecular weight excluding hydrogens is 350 g/mol. The quantitative estimate of drug-likeness (QED) is 0.678. The van der Waals surface area contributed by atoms with E-state index < -0.39 is 5.97 Å². The van der Waals surface area contributed by atoms with Crippen LogP contribution < -0.4 is 9.47 Å². The van der Waals surface area contributed by atoms with Gasteiger partial charge in [0.15, 0.2) is 18.1 Å². The molecule has 1 aromatic rings. The number of rotatable bonds is 7. The molecule has 1 saturated heterocycles. The summed E-state index contributed by atoms with van der Waals surface area (Å²) in [5, 5.41) is 0. The molecule has 1 amide bonds. The standard InChI is InChI=1S/C20H29NO6/c1-13(2)11-25-17-7-6-16(8-18(17)24-5)20(23)26-12-19(22)21-9-14(3)27-15(4)10-21/h6-8,13-15H,9-12H2,1-5H3/t14-,15+. The van der Waals surface area contributed by atoms with Crippen molar-refractivity contribution in [1.29, 1.82) is 0 Å². The van der Waals surface area contributed by atoms with Crippen LogP contribution in [0.4, 0.5) is 0 Å². The maximum Gasteiger partial charge on any atom is 0.338 e. The Morgan fingerprint density at radius 1 is 1.19 bits per heavy atom. The summed E-state index contributed by atoms with van der Waals surface area (Å²) in [6.45, 7) is 9.16. The average molecular weight is 379 g/mol. The van der Waals surface area contributed by atoms with Gasteiger partial charge in [0.1, 0.15) is 0 Å². The molecule has 0 unspecified atom stereocenters. The Kier molecular flexibility index (Phi) is 7.47. The van der Waals surface area contributed by atoms with E-state index in [2.05, 4.69) is 0 Å². The lowest BCUT2D eigenvalue weighted by Crippen LogP contribution is -2.49. The fraction of sp³-hybridized carbons (Fsp3) is 0.600. The van der Waals surface area contributed by atoms with Crippen molar-refractivity contribution in [3.05, 3.63) is 23.8 Å². The van der Waals surface area contributed by atoms with E-state index in [1.165, 1.54) is 7.11 Å². The van der Waals surface area contributed by atoms with Crippen LogP contribution in [0.1, 0.15) is 38.1 Å². The summed E-state index contributed by atoms with van der Waals surface area (Å²) in [5.41, 5.74) is 0.306. The van der Waals surface area contributed by atoms with E-state index >= 15 is 0 Å². The van der Waals surface area contributed by atoms with Crippen LogP contribution in [0.15, 0.2) is 18.2 Å². The summed E-state index contributed by atoms with van der Waals surface area (Å²) >= 11 is 0. The first kappa shape index (κ1) is 21.0. The van der Waals surface area contributed by atoms with E-state index in [0.29, 0.717) is 42.7 Å². The molecular formula is C20H29NO6. The molecule has 0 saturated carbocycles. The fourth-order valence-electron chi connectivity index (χ4n) is 2.85. The summed E-state index contributed by atoms with van der Waals surface area (Å²) in [6.07, 6.45) is -0.0629. The number of hydrogen-bond acceptors (Lipinski definition) is 6. The number of hydrogen-bond donors (Lipinski definition) is 0. The number of carbonyl (C=O) groups excluding carboxylic acids is 2. The Bertz CT molecular complexity index is 650. The van der Waals surface area contributed by atoms with Gasteiger partial charge in [-0.3, -0.25) is 4.79 Å². The maximum absolute atomic E-state index is 12.3. The summed E-state index contributed by atoms with van der Waals surface area (Å²) in [5.74, 6) is 0.582. The van der Waals surface area contributed by atoms with Crippen molar-refractivity contribution in [2.45, 2.75) is 39.9 Å². The molecule has 0 N–H and O–H groups in total. The second-order valence-corrected chi connectivity index (χ2v) is 7.20. The number of methoxy groups -OCH3 is 1. The molecule has 7 nitrogen and oxygen atoms in total. The topological polar surface area (TPSA) is 74.3 Å². The van der Waals surface area contributed by atoms with Gasteiger partial charge in [-0.05, 0) is 38.0 Å².